The Kier molecular flexibility index (Phi) is 4.53. The van der Waals surface area contributed by atoms with Crippen LogP contribution in [0.2, 0.25) is 0 Å². The second-order valence-corrected chi connectivity index (χ2v) is 7.25. The predicted octanol–water partition coefficient (Wildman–Crippen LogP) is 5.65. The average molecular weight is 318 g/mol. The van der Waals surface area contributed by atoms with Crippen LogP contribution in [-0.4, -0.2) is 12.7 Å². The molecule has 124 valence electrons. The Morgan fingerprint density at radius 2 is 1.38 bits per heavy atom. The number of allylic oxidation sites excluding steroid dienone is 1. The summed E-state index contributed by atoms with van der Waals surface area (Å²) < 4.78 is 6.30. The maximum atomic E-state index is 6.30. The molecule has 2 aromatic carbocycles. The Morgan fingerprint density at radius 3 is 1.96 bits per heavy atom. The molecular formula is C23H26O. The van der Waals surface area contributed by atoms with Crippen LogP contribution in [-0.2, 0) is 10.2 Å². The molecule has 1 saturated heterocycles. The summed E-state index contributed by atoms with van der Waals surface area (Å²) in [6, 6.07) is 21.8. The monoisotopic (exact) mass is 318 g/mol. The minimum atomic E-state index is -0.0150. The Labute approximate surface area is 145 Å². The number of hydrogen-bond acceptors (Lipinski definition) is 1. The van der Waals surface area contributed by atoms with Gasteiger partial charge in [0, 0.05) is 5.41 Å². The van der Waals surface area contributed by atoms with Crippen LogP contribution < -0.4 is 0 Å². The van der Waals surface area contributed by atoms with E-state index in [4.69, 9.17) is 4.74 Å². The molecule has 4 rings (SSSR count). The molecule has 1 aliphatic carbocycles. The van der Waals surface area contributed by atoms with Gasteiger partial charge in [-0.05, 0) is 43.2 Å². The van der Waals surface area contributed by atoms with Crippen molar-refractivity contribution in [2.45, 2.75) is 50.0 Å². The predicted molar refractivity (Wildman–Crippen MR) is 99.2 cm³/mol. The van der Waals surface area contributed by atoms with Gasteiger partial charge >= 0.3 is 0 Å². The van der Waals surface area contributed by atoms with Crippen LogP contribution in [0.15, 0.2) is 72.3 Å². The number of benzene rings is 2. The van der Waals surface area contributed by atoms with E-state index in [1.807, 2.05) is 0 Å². The van der Waals surface area contributed by atoms with Crippen molar-refractivity contribution < 1.29 is 4.74 Å². The van der Waals surface area contributed by atoms with Crippen LogP contribution in [0.1, 0.15) is 49.7 Å². The molecule has 0 radical (unpaired) electrons. The highest BCUT2D eigenvalue weighted by Gasteiger charge is 2.42. The van der Waals surface area contributed by atoms with Gasteiger partial charge < -0.3 is 4.74 Å². The van der Waals surface area contributed by atoms with E-state index in [-0.39, 0.29) is 11.5 Å². The summed E-state index contributed by atoms with van der Waals surface area (Å²) >= 11 is 0. The zero-order valence-corrected chi connectivity index (χ0v) is 14.3. The second kappa shape index (κ2) is 6.94. The van der Waals surface area contributed by atoms with E-state index >= 15 is 0 Å². The number of hydrogen-bond donors (Lipinski definition) is 0. The zero-order chi connectivity index (χ0) is 16.2. The van der Waals surface area contributed by atoms with Crippen molar-refractivity contribution in [3.63, 3.8) is 0 Å². The fourth-order valence-corrected chi connectivity index (χ4v) is 4.34. The molecule has 0 N–H and O–H groups in total. The van der Waals surface area contributed by atoms with Gasteiger partial charge in [-0.25, -0.2) is 0 Å². The zero-order valence-electron chi connectivity index (χ0n) is 14.3. The molecule has 1 nitrogen and oxygen atoms in total. The summed E-state index contributed by atoms with van der Waals surface area (Å²) in [4.78, 5) is 0. The first-order chi connectivity index (χ1) is 11.9. The molecule has 2 aliphatic rings. The van der Waals surface area contributed by atoms with E-state index < -0.39 is 0 Å². The van der Waals surface area contributed by atoms with Gasteiger partial charge in [0.15, 0.2) is 0 Å². The van der Waals surface area contributed by atoms with Gasteiger partial charge in [0.25, 0.3) is 0 Å². The third-order valence-electron chi connectivity index (χ3n) is 5.66. The van der Waals surface area contributed by atoms with Gasteiger partial charge in [-0.2, -0.15) is 0 Å². The van der Waals surface area contributed by atoms with Crippen molar-refractivity contribution in [1.29, 1.82) is 0 Å². The minimum Gasteiger partial charge on any atom is -0.373 e. The highest BCUT2D eigenvalue weighted by Crippen LogP contribution is 2.43. The van der Waals surface area contributed by atoms with E-state index in [1.165, 1.54) is 43.2 Å². The van der Waals surface area contributed by atoms with Gasteiger partial charge in [0.05, 0.1) is 12.7 Å². The van der Waals surface area contributed by atoms with Crippen LogP contribution in [0.4, 0.5) is 0 Å². The fraction of sp³-hybridized carbons (Fsp3) is 0.391. The SMILES string of the molecule is C(=C1CCCCC1)[C@H]1CC(c2ccccc2)(c2ccccc2)CO1. The molecule has 0 aromatic heterocycles. The van der Waals surface area contributed by atoms with E-state index in [9.17, 15) is 0 Å². The third-order valence-corrected chi connectivity index (χ3v) is 5.66. The van der Waals surface area contributed by atoms with Crippen LogP contribution >= 0.6 is 0 Å². The second-order valence-electron chi connectivity index (χ2n) is 7.25. The molecule has 2 fully saturated rings. The van der Waals surface area contributed by atoms with Crippen LogP contribution in [0.3, 0.4) is 0 Å². The molecule has 1 aliphatic heterocycles. The van der Waals surface area contributed by atoms with Crippen LogP contribution in [0.25, 0.3) is 0 Å². The summed E-state index contributed by atoms with van der Waals surface area (Å²) in [5.74, 6) is 0. The lowest BCUT2D eigenvalue weighted by atomic mass is 9.73. The largest absolute Gasteiger partial charge is 0.373 e. The van der Waals surface area contributed by atoms with Crippen LogP contribution in [0.5, 0.6) is 0 Å². The summed E-state index contributed by atoms with van der Waals surface area (Å²) in [6.45, 7) is 0.773. The normalized spacial score (nSPS) is 23.2. The maximum absolute atomic E-state index is 6.30. The minimum absolute atomic E-state index is 0.0150. The quantitative estimate of drug-likeness (QED) is 0.664. The van der Waals surface area contributed by atoms with Crippen molar-refractivity contribution in [3.8, 4) is 0 Å². The van der Waals surface area contributed by atoms with Crippen molar-refractivity contribution >= 4 is 0 Å². The average Bonchev–Trinajstić information content (AvgIpc) is 3.09. The lowest BCUT2D eigenvalue weighted by molar-refractivity contribution is 0.137. The molecule has 24 heavy (non-hydrogen) atoms. The first-order valence-electron chi connectivity index (χ1n) is 9.29. The smallest absolute Gasteiger partial charge is 0.0771 e. The van der Waals surface area contributed by atoms with E-state index in [0.29, 0.717) is 0 Å². The van der Waals surface area contributed by atoms with E-state index in [2.05, 4.69) is 66.7 Å². The molecule has 0 spiro atoms. The molecule has 0 unspecified atom stereocenters. The molecule has 0 amide bonds. The maximum Gasteiger partial charge on any atom is 0.0771 e. The van der Waals surface area contributed by atoms with E-state index in [0.717, 1.165) is 13.0 Å². The summed E-state index contributed by atoms with van der Waals surface area (Å²) in [7, 11) is 0. The van der Waals surface area contributed by atoms with Gasteiger partial charge in [0.2, 0.25) is 0 Å². The molecular weight excluding hydrogens is 292 g/mol. The fourth-order valence-electron chi connectivity index (χ4n) is 4.34. The molecule has 0 bridgehead atoms. The van der Waals surface area contributed by atoms with E-state index in [1.54, 1.807) is 5.57 Å². The molecule has 1 atom stereocenters. The van der Waals surface area contributed by atoms with Crippen LogP contribution in [0, 0.1) is 0 Å². The third kappa shape index (κ3) is 3.06. The van der Waals surface area contributed by atoms with Crippen molar-refractivity contribution in [2.24, 2.45) is 0 Å². The first kappa shape index (κ1) is 15.7. The lowest BCUT2D eigenvalue weighted by Gasteiger charge is -2.29. The molecule has 1 saturated carbocycles. The lowest BCUT2D eigenvalue weighted by Crippen LogP contribution is -2.28. The Hall–Kier alpha value is -1.86. The highest BCUT2D eigenvalue weighted by atomic mass is 16.5. The Balaban J connectivity index is 1.66. The standard InChI is InChI=1S/C23H26O/c1-4-10-19(11-5-1)16-22-17-23(18-24-22,20-12-6-2-7-13-20)21-14-8-3-9-15-21/h2-3,6-9,12-16,22H,1,4-5,10-11,17-18H2/t22-/m0/s1. The summed E-state index contributed by atoms with van der Waals surface area (Å²) in [6.07, 6.45) is 10.4. The summed E-state index contributed by atoms with van der Waals surface area (Å²) in [5.41, 5.74) is 4.35. The van der Waals surface area contributed by atoms with Crippen molar-refractivity contribution in [2.75, 3.05) is 6.61 Å². The first-order valence-corrected chi connectivity index (χ1v) is 9.29. The highest BCUT2D eigenvalue weighted by molar-refractivity contribution is 5.41. The van der Waals surface area contributed by atoms with Gasteiger partial charge in [0.1, 0.15) is 0 Å². The molecule has 1 heterocycles. The Morgan fingerprint density at radius 1 is 0.792 bits per heavy atom. The van der Waals surface area contributed by atoms with Crippen molar-refractivity contribution in [1.82, 2.24) is 0 Å². The van der Waals surface area contributed by atoms with Gasteiger partial charge in [-0.15, -0.1) is 0 Å². The van der Waals surface area contributed by atoms with Crippen molar-refractivity contribution in [3.05, 3.63) is 83.4 Å². The van der Waals surface area contributed by atoms with Gasteiger partial charge in [-0.1, -0.05) is 78.7 Å². The summed E-state index contributed by atoms with van der Waals surface area (Å²) in [5, 5.41) is 0. The topological polar surface area (TPSA) is 9.23 Å². The number of ether oxygens (including phenoxy) is 1. The molecule has 1 heteroatoms. The Bertz CT molecular complexity index is 639. The number of rotatable bonds is 3. The molecule has 2 aromatic rings. The van der Waals surface area contributed by atoms with Gasteiger partial charge in [-0.3, -0.25) is 0 Å².